The summed E-state index contributed by atoms with van der Waals surface area (Å²) >= 11 is 0. The second kappa shape index (κ2) is 9.82. The van der Waals surface area contributed by atoms with E-state index in [0.717, 1.165) is 0 Å². The highest BCUT2D eigenvalue weighted by Crippen LogP contribution is 2.23. The SMILES string of the molecule is CCN(CC)S(=O)(=O)c1cc(NC(=O)CN(C)CC(=O)N(C)C)ccc1C. The van der Waals surface area contributed by atoms with Crippen molar-refractivity contribution in [1.82, 2.24) is 14.1 Å². The normalized spacial score (nSPS) is 11.7. The zero-order chi connectivity index (χ0) is 20.8. The van der Waals surface area contributed by atoms with Gasteiger partial charge in [-0.1, -0.05) is 19.9 Å². The van der Waals surface area contributed by atoms with Gasteiger partial charge in [0.05, 0.1) is 18.0 Å². The number of rotatable bonds is 9. The summed E-state index contributed by atoms with van der Waals surface area (Å²) in [7, 11) is 1.36. The number of anilines is 1. The van der Waals surface area contributed by atoms with Gasteiger partial charge in [0.2, 0.25) is 21.8 Å². The number of nitrogens with zero attached hydrogens (tertiary/aromatic N) is 3. The molecular weight excluding hydrogens is 368 g/mol. The molecule has 1 rings (SSSR count). The number of hydrogen-bond donors (Lipinski definition) is 1. The van der Waals surface area contributed by atoms with E-state index in [4.69, 9.17) is 0 Å². The zero-order valence-corrected chi connectivity index (χ0v) is 17.8. The third kappa shape index (κ3) is 6.30. The number of benzene rings is 1. The van der Waals surface area contributed by atoms with Crippen molar-refractivity contribution in [3.63, 3.8) is 0 Å². The molecule has 0 aromatic heterocycles. The molecule has 0 saturated carbocycles. The molecule has 1 N–H and O–H groups in total. The number of carbonyl (C=O) groups excluding carboxylic acids is 2. The summed E-state index contributed by atoms with van der Waals surface area (Å²) < 4.78 is 26.9. The lowest BCUT2D eigenvalue weighted by molar-refractivity contribution is -0.130. The molecule has 0 fully saturated rings. The largest absolute Gasteiger partial charge is 0.348 e. The van der Waals surface area contributed by atoms with E-state index >= 15 is 0 Å². The van der Waals surface area contributed by atoms with Crippen molar-refractivity contribution in [1.29, 1.82) is 0 Å². The Morgan fingerprint density at radius 2 is 1.63 bits per heavy atom. The molecule has 0 unspecified atom stereocenters. The van der Waals surface area contributed by atoms with E-state index in [1.54, 1.807) is 58.9 Å². The number of carbonyl (C=O) groups is 2. The summed E-state index contributed by atoms with van der Waals surface area (Å²) in [6.45, 7) is 6.18. The molecule has 8 nitrogen and oxygen atoms in total. The standard InChI is InChI=1S/C18H30N4O4S/c1-7-22(8-2)27(25,26)16-11-15(10-9-14(16)3)19-17(23)12-21(6)13-18(24)20(4)5/h9-11H,7-8,12-13H2,1-6H3,(H,19,23). The van der Waals surface area contributed by atoms with Crippen molar-refractivity contribution in [2.75, 3.05) is 52.6 Å². The molecule has 9 heteroatoms. The summed E-state index contributed by atoms with van der Waals surface area (Å²) in [5.74, 6) is -0.424. The van der Waals surface area contributed by atoms with Gasteiger partial charge in [-0.3, -0.25) is 14.5 Å². The van der Waals surface area contributed by atoms with Crippen LogP contribution in [0.2, 0.25) is 0 Å². The predicted octanol–water partition coefficient (Wildman–Crippen LogP) is 0.984. The smallest absolute Gasteiger partial charge is 0.243 e. The Hall–Kier alpha value is -1.97. The summed E-state index contributed by atoms with van der Waals surface area (Å²) in [6, 6.07) is 4.82. The summed E-state index contributed by atoms with van der Waals surface area (Å²) in [6.07, 6.45) is 0. The highest BCUT2D eigenvalue weighted by Gasteiger charge is 2.24. The average molecular weight is 399 g/mol. The van der Waals surface area contributed by atoms with Crippen molar-refractivity contribution >= 4 is 27.5 Å². The van der Waals surface area contributed by atoms with Gasteiger partial charge in [0.15, 0.2) is 0 Å². The van der Waals surface area contributed by atoms with Crippen molar-refractivity contribution < 1.29 is 18.0 Å². The Morgan fingerprint density at radius 3 is 2.15 bits per heavy atom. The number of sulfonamides is 1. The molecule has 0 aliphatic carbocycles. The van der Waals surface area contributed by atoms with Crippen molar-refractivity contribution in [3.05, 3.63) is 23.8 Å². The van der Waals surface area contributed by atoms with Gasteiger partial charge in [-0.05, 0) is 31.7 Å². The molecule has 1 aromatic rings. The summed E-state index contributed by atoms with van der Waals surface area (Å²) in [4.78, 5) is 27.2. The highest BCUT2D eigenvalue weighted by atomic mass is 32.2. The van der Waals surface area contributed by atoms with Gasteiger partial charge in [0.1, 0.15) is 0 Å². The van der Waals surface area contributed by atoms with Crippen LogP contribution in [0.15, 0.2) is 23.1 Å². The molecular formula is C18H30N4O4S. The minimum Gasteiger partial charge on any atom is -0.348 e. The van der Waals surface area contributed by atoms with E-state index in [1.807, 2.05) is 0 Å². The maximum atomic E-state index is 12.8. The Labute approximate surface area is 162 Å². The van der Waals surface area contributed by atoms with E-state index < -0.39 is 10.0 Å². The number of nitrogens with one attached hydrogen (secondary N) is 1. The van der Waals surface area contributed by atoms with Gasteiger partial charge >= 0.3 is 0 Å². The molecule has 0 bridgehead atoms. The van der Waals surface area contributed by atoms with Gasteiger partial charge in [-0.2, -0.15) is 4.31 Å². The van der Waals surface area contributed by atoms with Crippen LogP contribution in [0.1, 0.15) is 19.4 Å². The lowest BCUT2D eigenvalue weighted by Crippen LogP contribution is -2.38. The molecule has 0 saturated heterocycles. The topological polar surface area (TPSA) is 90.0 Å². The van der Waals surface area contributed by atoms with Crippen LogP contribution >= 0.6 is 0 Å². The van der Waals surface area contributed by atoms with Crippen LogP contribution < -0.4 is 5.32 Å². The van der Waals surface area contributed by atoms with Crippen LogP contribution in [0.25, 0.3) is 0 Å². The quantitative estimate of drug-likeness (QED) is 0.670. The third-order valence-corrected chi connectivity index (χ3v) is 6.30. The van der Waals surface area contributed by atoms with Crippen molar-refractivity contribution in [2.24, 2.45) is 0 Å². The first-order valence-electron chi connectivity index (χ1n) is 8.82. The molecule has 1 aromatic carbocycles. The number of aryl methyl sites for hydroxylation is 1. The fourth-order valence-corrected chi connectivity index (χ4v) is 4.24. The molecule has 152 valence electrons. The van der Waals surface area contributed by atoms with Crippen LogP contribution in [0.3, 0.4) is 0 Å². The van der Waals surface area contributed by atoms with E-state index in [2.05, 4.69) is 5.32 Å². The molecule has 0 spiro atoms. The van der Waals surface area contributed by atoms with Crippen LogP contribution in [-0.4, -0.2) is 81.7 Å². The van der Waals surface area contributed by atoms with Crippen molar-refractivity contribution in [2.45, 2.75) is 25.7 Å². The zero-order valence-electron chi connectivity index (χ0n) is 16.9. The number of amides is 2. The number of likely N-dealkylation sites (N-methyl/N-ethyl adjacent to an activating group) is 2. The second-order valence-corrected chi connectivity index (χ2v) is 8.48. The Bertz CT molecular complexity index is 774. The van der Waals surface area contributed by atoms with Crippen LogP contribution in [-0.2, 0) is 19.6 Å². The fourth-order valence-electron chi connectivity index (χ4n) is 2.53. The lowest BCUT2D eigenvalue weighted by atomic mass is 10.2. The van der Waals surface area contributed by atoms with E-state index in [1.165, 1.54) is 15.3 Å². The highest BCUT2D eigenvalue weighted by molar-refractivity contribution is 7.89. The van der Waals surface area contributed by atoms with E-state index in [9.17, 15) is 18.0 Å². The Morgan fingerprint density at radius 1 is 1.04 bits per heavy atom. The maximum Gasteiger partial charge on any atom is 0.243 e. The summed E-state index contributed by atoms with van der Waals surface area (Å²) in [5.41, 5.74) is 1.03. The molecule has 0 radical (unpaired) electrons. The minimum absolute atomic E-state index is 0.0194. The van der Waals surface area contributed by atoms with E-state index in [-0.39, 0.29) is 29.8 Å². The predicted molar refractivity (Wildman–Crippen MR) is 106 cm³/mol. The van der Waals surface area contributed by atoms with Gasteiger partial charge in [-0.25, -0.2) is 8.42 Å². The Balaban J connectivity index is 2.91. The molecule has 27 heavy (non-hydrogen) atoms. The average Bonchev–Trinajstić information content (AvgIpc) is 2.56. The van der Waals surface area contributed by atoms with Crippen molar-refractivity contribution in [3.8, 4) is 0 Å². The van der Waals surface area contributed by atoms with E-state index in [0.29, 0.717) is 24.3 Å². The minimum atomic E-state index is -3.62. The maximum absolute atomic E-state index is 12.8. The Kier molecular flexibility index (Phi) is 8.39. The molecule has 0 aliphatic heterocycles. The number of hydrogen-bond acceptors (Lipinski definition) is 5. The van der Waals surface area contributed by atoms with Gasteiger partial charge in [0.25, 0.3) is 0 Å². The van der Waals surface area contributed by atoms with Crippen LogP contribution in [0, 0.1) is 6.92 Å². The molecule has 2 amide bonds. The second-order valence-electron chi connectivity index (χ2n) is 6.58. The van der Waals surface area contributed by atoms with Crippen LogP contribution in [0.4, 0.5) is 5.69 Å². The third-order valence-electron chi connectivity index (χ3n) is 4.11. The fraction of sp³-hybridized carbons (Fsp3) is 0.556. The first-order chi connectivity index (χ1) is 12.5. The van der Waals surface area contributed by atoms with Gasteiger partial charge < -0.3 is 10.2 Å². The first-order valence-corrected chi connectivity index (χ1v) is 10.3. The molecule has 0 atom stereocenters. The molecule has 0 heterocycles. The first kappa shape index (κ1) is 23.1. The van der Waals surface area contributed by atoms with Crippen LogP contribution in [0.5, 0.6) is 0 Å². The lowest BCUT2D eigenvalue weighted by Gasteiger charge is -2.21. The van der Waals surface area contributed by atoms with Gasteiger partial charge in [0, 0.05) is 32.9 Å². The molecule has 0 aliphatic rings. The van der Waals surface area contributed by atoms with Gasteiger partial charge in [-0.15, -0.1) is 0 Å². The monoisotopic (exact) mass is 398 g/mol. The summed E-state index contributed by atoms with van der Waals surface area (Å²) in [5, 5.41) is 2.70.